The Hall–Kier alpha value is -3.38. The molecule has 1 saturated heterocycles. The van der Waals surface area contributed by atoms with Crippen LogP contribution in [0.5, 0.6) is 0 Å². The minimum Gasteiger partial charge on any atom is -0.469 e. The first kappa shape index (κ1) is 25.9. The molecule has 6 rings (SSSR count). The number of fused-ring (bicyclic) bond motifs is 2. The Morgan fingerprint density at radius 1 is 1.03 bits per heavy atom. The number of amides is 3. The summed E-state index contributed by atoms with van der Waals surface area (Å²) in [5.41, 5.74) is 0.653. The summed E-state index contributed by atoms with van der Waals surface area (Å²) < 4.78 is 20.5. The van der Waals surface area contributed by atoms with Gasteiger partial charge in [0.15, 0.2) is 0 Å². The fourth-order valence-corrected chi connectivity index (χ4v) is 7.84. The van der Waals surface area contributed by atoms with E-state index in [0.717, 1.165) is 28.0 Å². The molecule has 4 aromatic rings. The Labute approximate surface area is 238 Å². The van der Waals surface area contributed by atoms with Gasteiger partial charge in [0.2, 0.25) is 17.7 Å². The number of anilines is 2. The molecule has 3 amide bonds. The summed E-state index contributed by atoms with van der Waals surface area (Å²) in [6, 6.07) is 13.1. The van der Waals surface area contributed by atoms with Gasteiger partial charge in [-0.3, -0.25) is 23.7 Å². The summed E-state index contributed by atoms with van der Waals surface area (Å²) >= 11 is 13.9. The van der Waals surface area contributed by atoms with Gasteiger partial charge in [0.25, 0.3) is 0 Å². The molecule has 2 aliphatic heterocycles. The molecule has 1 N–H and O–H groups in total. The van der Waals surface area contributed by atoms with Crippen molar-refractivity contribution in [1.82, 2.24) is 4.57 Å². The van der Waals surface area contributed by atoms with Crippen LogP contribution in [0.2, 0.25) is 10.0 Å². The highest BCUT2D eigenvalue weighted by molar-refractivity contribution is 8.00. The van der Waals surface area contributed by atoms with Crippen LogP contribution in [-0.4, -0.2) is 27.5 Å². The number of thioether (sulfide) groups is 1. The third-order valence-electron chi connectivity index (χ3n) is 6.49. The van der Waals surface area contributed by atoms with Crippen molar-refractivity contribution < 1.29 is 23.2 Å². The third-order valence-corrected chi connectivity index (χ3v) is 9.83. The van der Waals surface area contributed by atoms with E-state index >= 15 is 0 Å². The summed E-state index contributed by atoms with van der Waals surface area (Å²) in [5, 5.41) is 2.81. The molecule has 0 spiro atoms. The van der Waals surface area contributed by atoms with Crippen LogP contribution in [-0.2, 0) is 20.9 Å². The molecule has 39 heavy (non-hydrogen) atoms. The van der Waals surface area contributed by atoms with Gasteiger partial charge < -0.3 is 9.73 Å². The number of nitrogens with zero attached hydrogens (tertiary/aromatic N) is 2. The minimum atomic E-state index is -0.886. The van der Waals surface area contributed by atoms with Gasteiger partial charge in [0.05, 0.1) is 43.7 Å². The Morgan fingerprint density at radius 2 is 1.79 bits per heavy atom. The number of hydrogen-bond acceptors (Lipinski definition) is 7. The van der Waals surface area contributed by atoms with Crippen molar-refractivity contribution in [3.05, 3.63) is 97.0 Å². The lowest BCUT2D eigenvalue weighted by Gasteiger charge is -2.29. The number of carbonyl (C=O) groups is 3. The lowest BCUT2D eigenvalue weighted by atomic mass is 9.87. The molecule has 4 heterocycles. The van der Waals surface area contributed by atoms with Crippen LogP contribution < -0.4 is 15.1 Å². The van der Waals surface area contributed by atoms with Crippen LogP contribution in [0.4, 0.5) is 15.8 Å². The monoisotopic (exact) mass is 603 g/mol. The number of imide groups is 1. The quantitative estimate of drug-likeness (QED) is 0.307. The van der Waals surface area contributed by atoms with E-state index in [1.807, 2.05) is 0 Å². The first-order chi connectivity index (χ1) is 18.7. The van der Waals surface area contributed by atoms with Gasteiger partial charge in [-0.15, -0.1) is 0 Å². The summed E-state index contributed by atoms with van der Waals surface area (Å²) in [6.45, 7) is -0.329. The van der Waals surface area contributed by atoms with Gasteiger partial charge in [-0.1, -0.05) is 46.3 Å². The second kappa shape index (κ2) is 9.98. The smallest absolute Gasteiger partial charge is 0.308 e. The maximum atomic E-state index is 13.7. The van der Waals surface area contributed by atoms with E-state index in [-0.39, 0.29) is 17.3 Å². The van der Waals surface area contributed by atoms with Gasteiger partial charge in [-0.2, -0.15) is 0 Å². The number of furan rings is 1. The van der Waals surface area contributed by atoms with Crippen LogP contribution in [0, 0.1) is 11.7 Å². The summed E-state index contributed by atoms with van der Waals surface area (Å²) in [6.07, 6.45) is 1.45. The largest absolute Gasteiger partial charge is 0.469 e. The zero-order valence-corrected chi connectivity index (χ0v) is 22.7. The number of aromatic nitrogens is 1. The fraction of sp³-hybridized carbons (Fsp3) is 0.154. The van der Waals surface area contributed by atoms with Crippen LogP contribution in [0.3, 0.4) is 0 Å². The first-order valence-corrected chi connectivity index (χ1v) is 14.0. The predicted molar refractivity (Wildman–Crippen MR) is 146 cm³/mol. The van der Waals surface area contributed by atoms with Crippen LogP contribution in [0.1, 0.15) is 16.6 Å². The van der Waals surface area contributed by atoms with Crippen molar-refractivity contribution in [1.29, 1.82) is 0 Å². The zero-order chi connectivity index (χ0) is 27.4. The zero-order valence-electron chi connectivity index (χ0n) is 19.6. The maximum Gasteiger partial charge on any atom is 0.308 e. The van der Waals surface area contributed by atoms with E-state index in [2.05, 4.69) is 5.32 Å². The molecule has 198 valence electrons. The highest BCUT2D eigenvalue weighted by Crippen LogP contribution is 2.53. The molecule has 3 unspecified atom stereocenters. The minimum absolute atomic E-state index is 0.251. The maximum absolute atomic E-state index is 13.7. The van der Waals surface area contributed by atoms with Crippen molar-refractivity contribution in [2.75, 3.05) is 10.2 Å². The standard InChI is InChI=1S/C26H16Cl2FN3O5S2/c27-15-8-5-13(10-16(15)28)30-18(33)11-31-25-22(39-26(31)36)19(17-2-1-9-37-17)20-21(38-25)24(35)32(23(20)34)14-6-3-12(29)4-7-14/h1-10,19-21H,11H2,(H,30,33). The number of thiazole rings is 1. The molecular formula is C26H16Cl2FN3O5S2. The molecule has 0 radical (unpaired) electrons. The van der Waals surface area contributed by atoms with E-state index in [9.17, 15) is 23.6 Å². The van der Waals surface area contributed by atoms with Crippen molar-refractivity contribution in [2.45, 2.75) is 22.7 Å². The van der Waals surface area contributed by atoms with Crippen molar-refractivity contribution in [3.63, 3.8) is 0 Å². The number of nitrogens with one attached hydrogen (secondary N) is 1. The van der Waals surface area contributed by atoms with Crippen LogP contribution >= 0.6 is 46.3 Å². The Bertz CT molecular complexity index is 1690. The van der Waals surface area contributed by atoms with E-state index in [0.29, 0.717) is 26.4 Å². The normalized spacial score (nSPS) is 20.2. The second-order valence-corrected chi connectivity index (χ2v) is 11.8. The predicted octanol–water partition coefficient (Wildman–Crippen LogP) is 5.38. The Kier molecular flexibility index (Phi) is 6.62. The fourth-order valence-electron chi connectivity index (χ4n) is 4.79. The molecule has 0 saturated carbocycles. The molecule has 0 bridgehead atoms. The number of hydrogen-bond donors (Lipinski definition) is 1. The van der Waals surface area contributed by atoms with Gasteiger partial charge in [0, 0.05) is 5.69 Å². The van der Waals surface area contributed by atoms with Gasteiger partial charge in [0.1, 0.15) is 23.4 Å². The molecule has 8 nitrogen and oxygen atoms in total. The average Bonchev–Trinajstić information content (AvgIpc) is 3.60. The first-order valence-electron chi connectivity index (χ1n) is 11.5. The topological polar surface area (TPSA) is 102 Å². The molecule has 2 aromatic heterocycles. The molecule has 0 aliphatic carbocycles. The SMILES string of the molecule is O=C(Cn1c2c(sc1=O)C(c1ccco1)C1C(=O)N(c3ccc(F)cc3)C(=O)C1S2)Nc1ccc(Cl)c(Cl)c1. The van der Waals surface area contributed by atoms with E-state index in [1.165, 1.54) is 47.2 Å². The van der Waals surface area contributed by atoms with Crippen molar-refractivity contribution in [2.24, 2.45) is 5.92 Å². The van der Waals surface area contributed by atoms with Crippen molar-refractivity contribution >= 4 is 75.4 Å². The average molecular weight is 604 g/mol. The summed E-state index contributed by atoms with van der Waals surface area (Å²) in [7, 11) is 0. The lowest BCUT2D eigenvalue weighted by molar-refractivity contribution is -0.122. The Morgan fingerprint density at radius 3 is 2.49 bits per heavy atom. The van der Waals surface area contributed by atoms with Gasteiger partial charge in [-0.25, -0.2) is 9.29 Å². The molecule has 2 aromatic carbocycles. The molecule has 1 fully saturated rings. The van der Waals surface area contributed by atoms with E-state index in [1.54, 1.807) is 18.2 Å². The van der Waals surface area contributed by atoms with Gasteiger partial charge >= 0.3 is 4.87 Å². The number of halogens is 3. The highest BCUT2D eigenvalue weighted by Gasteiger charge is 2.57. The third kappa shape index (κ3) is 4.49. The lowest BCUT2D eigenvalue weighted by Crippen LogP contribution is -2.32. The van der Waals surface area contributed by atoms with E-state index in [4.69, 9.17) is 27.6 Å². The van der Waals surface area contributed by atoms with Crippen LogP contribution in [0.25, 0.3) is 0 Å². The number of benzene rings is 2. The van der Waals surface area contributed by atoms with Crippen molar-refractivity contribution in [3.8, 4) is 0 Å². The molecule has 13 heteroatoms. The summed E-state index contributed by atoms with van der Waals surface area (Å²) in [4.78, 5) is 54.4. The number of carbonyl (C=O) groups excluding carboxylic acids is 3. The van der Waals surface area contributed by atoms with E-state index < -0.39 is 45.5 Å². The highest BCUT2D eigenvalue weighted by atomic mass is 35.5. The Balaban J connectivity index is 1.37. The van der Waals surface area contributed by atoms with Crippen LogP contribution in [0.15, 0.2) is 75.1 Å². The second-order valence-electron chi connectivity index (χ2n) is 8.85. The molecule has 3 atom stereocenters. The molecule has 2 aliphatic rings. The molecular weight excluding hydrogens is 588 g/mol. The van der Waals surface area contributed by atoms with Gasteiger partial charge in [-0.05, 0) is 54.6 Å². The summed E-state index contributed by atoms with van der Waals surface area (Å²) in [5.74, 6) is -3.11. The number of rotatable bonds is 5.